The van der Waals surface area contributed by atoms with Crippen molar-refractivity contribution in [2.24, 2.45) is 7.05 Å². The largest absolute Gasteiger partial charge is 0.395 e. The van der Waals surface area contributed by atoms with E-state index in [1.165, 1.54) is 0 Å². The summed E-state index contributed by atoms with van der Waals surface area (Å²) in [5.74, 6) is 1.37. The zero-order valence-corrected chi connectivity index (χ0v) is 18.4. The molecule has 5 aromatic rings. The number of aromatic nitrogens is 7. The summed E-state index contributed by atoms with van der Waals surface area (Å²) >= 11 is 0. The monoisotopic (exact) mass is 443 g/mol. The van der Waals surface area contributed by atoms with Gasteiger partial charge in [-0.15, -0.1) is 0 Å². The van der Waals surface area contributed by atoms with Gasteiger partial charge in [0.05, 0.1) is 18.2 Å². The Morgan fingerprint density at radius 3 is 2.82 bits per heavy atom. The zero-order valence-electron chi connectivity index (χ0n) is 18.4. The van der Waals surface area contributed by atoms with Crippen molar-refractivity contribution in [1.82, 2.24) is 34.0 Å². The maximum absolute atomic E-state index is 9.24. The molecule has 0 saturated carbocycles. The number of nitrogens with one attached hydrogen (secondary N) is 2. The van der Waals surface area contributed by atoms with Crippen LogP contribution in [-0.4, -0.2) is 45.7 Å². The van der Waals surface area contributed by atoms with E-state index in [4.69, 9.17) is 0 Å². The lowest BCUT2D eigenvalue weighted by molar-refractivity contribution is 0.276. The van der Waals surface area contributed by atoms with Crippen LogP contribution in [0, 0.1) is 0 Å². The summed E-state index contributed by atoms with van der Waals surface area (Å²) in [7, 11) is 1.92. The van der Waals surface area contributed by atoms with Gasteiger partial charge in [0, 0.05) is 50.0 Å². The van der Waals surface area contributed by atoms with E-state index in [0.29, 0.717) is 12.5 Å². The molecular formula is C23H25N9O. The number of aliphatic hydroxyl groups excluding tert-OH is 1. The van der Waals surface area contributed by atoms with Gasteiger partial charge in [-0.25, -0.2) is 19.6 Å². The van der Waals surface area contributed by atoms with Gasteiger partial charge in [-0.2, -0.15) is 5.10 Å². The second-order valence-electron chi connectivity index (χ2n) is 7.82. The molecule has 1 aromatic carbocycles. The Morgan fingerprint density at radius 1 is 1.09 bits per heavy atom. The molecule has 1 atom stereocenters. The van der Waals surface area contributed by atoms with Crippen molar-refractivity contribution >= 4 is 22.8 Å². The van der Waals surface area contributed by atoms with Crippen LogP contribution in [0.4, 0.5) is 11.8 Å². The number of anilines is 2. The van der Waals surface area contributed by atoms with Crippen LogP contribution in [0.2, 0.25) is 0 Å². The Hall–Kier alpha value is -4.18. The zero-order chi connectivity index (χ0) is 22.8. The topological polar surface area (TPSA) is 111 Å². The smallest absolute Gasteiger partial charge is 0.222 e. The number of benzene rings is 1. The highest BCUT2D eigenvalue weighted by Gasteiger charge is 2.14. The van der Waals surface area contributed by atoms with Gasteiger partial charge in [-0.3, -0.25) is 10.1 Å². The SMILES string of the molecule is CC(Nc1ncnc2c1ccn2Nc1nccn1CCO)c1cccc(-c2cnn(C)c2)c1. The summed E-state index contributed by atoms with van der Waals surface area (Å²) < 4.78 is 5.44. The number of hydrogen-bond acceptors (Lipinski definition) is 7. The van der Waals surface area contributed by atoms with E-state index in [0.717, 1.165) is 33.5 Å². The first-order valence-electron chi connectivity index (χ1n) is 10.7. The van der Waals surface area contributed by atoms with Crippen molar-refractivity contribution < 1.29 is 5.11 Å². The third kappa shape index (κ3) is 4.15. The van der Waals surface area contributed by atoms with Crippen molar-refractivity contribution in [2.45, 2.75) is 19.5 Å². The fourth-order valence-electron chi connectivity index (χ4n) is 3.82. The molecule has 3 N–H and O–H groups in total. The van der Waals surface area contributed by atoms with Crippen LogP contribution in [0.3, 0.4) is 0 Å². The van der Waals surface area contributed by atoms with Crippen LogP contribution in [0.25, 0.3) is 22.2 Å². The molecule has 0 radical (unpaired) electrons. The Kier molecular flexibility index (Phi) is 5.49. The van der Waals surface area contributed by atoms with E-state index in [9.17, 15) is 5.11 Å². The molecular weight excluding hydrogens is 418 g/mol. The highest BCUT2D eigenvalue weighted by Crippen LogP contribution is 2.27. The number of fused-ring (bicyclic) bond motifs is 1. The molecule has 0 spiro atoms. The molecule has 0 aliphatic carbocycles. The molecule has 10 nitrogen and oxygen atoms in total. The van der Waals surface area contributed by atoms with Crippen molar-refractivity contribution in [3.8, 4) is 11.1 Å². The molecule has 0 aliphatic rings. The minimum atomic E-state index is 0.0273. The molecule has 10 heteroatoms. The molecule has 5 rings (SSSR count). The van der Waals surface area contributed by atoms with E-state index in [-0.39, 0.29) is 12.6 Å². The fourth-order valence-corrected chi connectivity index (χ4v) is 3.82. The van der Waals surface area contributed by atoms with Crippen LogP contribution in [0.5, 0.6) is 0 Å². The molecule has 0 amide bonds. The van der Waals surface area contributed by atoms with Crippen LogP contribution in [0.15, 0.2) is 67.6 Å². The molecule has 0 aliphatic heterocycles. The first-order chi connectivity index (χ1) is 16.1. The quantitative estimate of drug-likeness (QED) is 0.338. The van der Waals surface area contributed by atoms with E-state index in [1.54, 1.807) is 21.9 Å². The summed E-state index contributed by atoms with van der Waals surface area (Å²) in [6.45, 7) is 2.60. The lowest BCUT2D eigenvalue weighted by Gasteiger charge is -2.16. The first-order valence-corrected chi connectivity index (χ1v) is 10.7. The van der Waals surface area contributed by atoms with E-state index < -0.39 is 0 Å². The second kappa shape index (κ2) is 8.75. The lowest BCUT2D eigenvalue weighted by Crippen LogP contribution is -2.14. The summed E-state index contributed by atoms with van der Waals surface area (Å²) in [5.41, 5.74) is 7.30. The molecule has 168 valence electrons. The Morgan fingerprint density at radius 2 is 2.00 bits per heavy atom. The minimum Gasteiger partial charge on any atom is -0.395 e. The van der Waals surface area contributed by atoms with Gasteiger partial charge in [0.25, 0.3) is 0 Å². The lowest BCUT2D eigenvalue weighted by atomic mass is 10.0. The van der Waals surface area contributed by atoms with Crippen LogP contribution < -0.4 is 10.7 Å². The van der Waals surface area contributed by atoms with Gasteiger partial charge in [0.15, 0.2) is 5.65 Å². The van der Waals surface area contributed by atoms with Gasteiger partial charge in [-0.1, -0.05) is 18.2 Å². The molecule has 0 saturated heterocycles. The van der Waals surface area contributed by atoms with E-state index in [2.05, 4.69) is 62.0 Å². The van der Waals surface area contributed by atoms with Crippen LogP contribution >= 0.6 is 0 Å². The van der Waals surface area contributed by atoms with Gasteiger partial charge in [-0.05, 0) is 30.2 Å². The standard InChI is InChI=1S/C23H25N9O/c1-16(17-4-3-5-18(12-17)19-13-27-30(2)14-19)28-21-20-6-8-32(22(20)26-15-25-21)29-23-24-7-9-31(23)10-11-33/h3-9,12-16,33H,10-11H2,1-2H3,(H,24,29)(H,25,26,28). The van der Waals surface area contributed by atoms with Gasteiger partial charge < -0.3 is 15.0 Å². The van der Waals surface area contributed by atoms with E-state index >= 15 is 0 Å². The van der Waals surface area contributed by atoms with Gasteiger partial charge >= 0.3 is 0 Å². The normalized spacial score (nSPS) is 12.2. The third-order valence-electron chi connectivity index (χ3n) is 5.54. The average Bonchev–Trinajstić information content (AvgIpc) is 3.56. The highest BCUT2D eigenvalue weighted by atomic mass is 16.3. The minimum absolute atomic E-state index is 0.0273. The highest BCUT2D eigenvalue weighted by molar-refractivity contribution is 5.87. The molecule has 4 aromatic heterocycles. The summed E-state index contributed by atoms with van der Waals surface area (Å²) in [5, 5.41) is 17.9. The Labute approximate surface area is 190 Å². The molecule has 4 heterocycles. The third-order valence-corrected chi connectivity index (χ3v) is 5.54. The predicted octanol–water partition coefficient (Wildman–Crippen LogP) is 3.07. The summed E-state index contributed by atoms with van der Waals surface area (Å²) in [4.78, 5) is 13.2. The average molecular weight is 444 g/mol. The van der Waals surface area contributed by atoms with Crippen LogP contribution in [0.1, 0.15) is 18.5 Å². The molecule has 1 unspecified atom stereocenters. The fraction of sp³-hybridized carbons (Fsp3) is 0.217. The number of rotatable bonds is 8. The Balaban J connectivity index is 1.39. The molecule has 33 heavy (non-hydrogen) atoms. The van der Waals surface area contributed by atoms with Crippen molar-refractivity contribution in [2.75, 3.05) is 17.3 Å². The maximum atomic E-state index is 9.24. The van der Waals surface area contributed by atoms with Gasteiger partial charge in [0.2, 0.25) is 5.95 Å². The number of hydrogen-bond donors (Lipinski definition) is 3. The molecule has 0 bridgehead atoms. The summed E-state index contributed by atoms with van der Waals surface area (Å²) in [6.07, 6.45) is 10.8. The number of nitrogens with zero attached hydrogens (tertiary/aromatic N) is 7. The second-order valence-corrected chi connectivity index (χ2v) is 7.82. The number of imidazole rings is 1. The van der Waals surface area contributed by atoms with Crippen molar-refractivity contribution in [3.05, 3.63) is 73.2 Å². The molecule has 0 fully saturated rings. The van der Waals surface area contributed by atoms with E-state index in [1.807, 2.05) is 42.5 Å². The maximum Gasteiger partial charge on any atom is 0.222 e. The first kappa shape index (κ1) is 20.7. The summed E-state index contributed by atoms with van der Waals surface area (Å²) in [6, 6.07) is 10.4. The number of aryl methyl sites for hydroxylation is 1. The van der Waals surface area contributed by atoms with Crippen LogP contribution in [-0.2, 0) is 13.6 Å². The number of aliphatic hydroxyl groups is 1. The predicted molar refractivity (Wildman–Crippen MR) is 127 cm³/mol. The van der Waals surface area contributed by atoms with Crippen molar-refractivity contribution in [1.29, 1.82) is 0 Å². The Bertz CT molecular complexity index is 1380. The van der Waals surface area contributed by atoms with Gasteiger partial charge in [0.1, 0.15) is 12.1 Å². The van der Waals surface area contributed by atoms with Crippen molar-refractivity contribution in [3.63, 3.8) is 0 Å².